The summed E-state index contributed by atoms with van der Waals surface area (Å²) in [6, 6.07) is 14.6. The quantitative estimate of drug-likeness (QED) is 0.339. The van der Waals surface area contributed by atoms with Gasteiger partial charge in [-0.1, -0.05) is 42.5 Å². The van der Waals surface area contributed by atoms with Crippen molar-refractivity contribution in [3.63, 3.8) is 0 Å². The summed E-state index contributed by atoms with van der Waals surface area (Å²) in [4.78, 5) is 50.2. The Morgan fingerprint density at radius 2 is 1.47 bits per heavy atom. The fraction of sp³-hybridized carbons (Fsp3) is 0.238. The van der Waals surface area contributed by atoms with Crippen LogP contribution in [-0.4, -0.2) is 27.6 Å². The van der Waals surface area contributed by atoms with Gasteiger partial charge in [0.15, 0.2) is 5.11 Å². The third-order valence-corrected chi connectivity index (χ3v) is 6.06. The maximum atomic E-state index is 13.4. The summed E-state index contributed by atoms with van der Waals surface area (Å²) in [5.41, 5.74) is -0.799. The molecule has 2 aliphatic rings. The van der Waals surface area contributed by atoms with E-state index in [1.165, 1.54) is 18.2 Å². The van der Waals surface area contributed by atoms with Crippen molar-refractivity contribution in [3.8, 4) is 0 Å². The van der Waals surface area contributed by atoms with Crippen molar-refractivity contribution >= 4 is 40.6 Å². The highest BCUT2D eigenvalue weighted by Gasteiger charge is 2.63. The Bertz CT molecular complexity index is 1070. The van der Waals surface area contributed by atoms with Crippen molar-refractivity contribution in [3.05, 3.63) is 75.8 Å². The molecule has 4 rings (SSSR count). The number of nitro groups is 1. The van der Waals surface area contributed by atoms with E-state index in [9.17, 15) is 24.5 Å². The molecule has 0 bridgehead atoms. The normalized spacial score (nSPS) is 23.1. The number of hydrogen-bond donors (Lipinski definition) is 2. The minimum absolute atomic E-state index is 0.00302. The lowest BCUT2D eigenvalue weighted by atomic mass is 9.54. The number of ketones is 1. The molecule has 1 aliphatic carbocycles. The van der Waals surface area contributed by atoms with Gasteiger partial charge in [0.05, 0.1) is 4.92 Å². The second-order valence-corrected chi connectivity index (χ2v) is 7.83. The number of nitrogens with zero attached hydrogens (tertiary/aromatic N) is 1. The molecule has 2 fully saturated rings. The molecule has 8 nitrogen and oxygen atoms in total. The van der Waals surface area contributed by atoms with Gasteiger partial charge in [0.1, 0.15) is 11.2 Å². The number of benzene rings is 2. The van der Waals surface area contributed by atoms with Crippen molar-refractivity contribution in [1.82, 2.24) is 10.6 Å². The monoisotopic (exact) mass is 423 g/mol. The lowest BCUT2D eigenvalue weighted by Gasteiger charge is -2.48. The predicted octanol–water partition coefficient (Wildman–Crippen LogP) is 2.34. The van der Waals surface area contributed by atoms with Crippen LogP contribution in [0.5, 0.6) is 0 Å². The van der Waals surface area contributed by atoms with Crippen LogP contribution in [0.4, 0.5) is 5.69 Å². The van der Waals surface area contributed by atoms with Crippen LogP contribution >= 0.6 is 12.2 Å². The molecule has 1 saturated carbocycles. The first kappa shape index (κ1) is 19.8. The zero-order valence-electron chi connectivity index (χ0n) is 15.7. The molecule has 2 N–H and O–H groups in total. The fourth-order valence-corrected chi connectivity index (χ4v) is 4.77. The summed E-state index contributed by atoms with van der Waals surface area (Å²) in [7, 11) is 0. The molecular weight excluding hydrogens is 406 g/mol. The highest BCUT2D eigenvalue weighted by molar-refractivity contribution is 7.80. The lowest BCUT2D eigenvalue weighted by Crippen LogP contribution is -2.67. The van der Waals surface area contributed by atoms with Crippen LogP contribution in [-0.2, 0) is 14.4 Å². The number of hydrogen-bond acceptors (Lipinski definition) is 6. The summed E-state index contributed by atoms with van der Waals surface area (Å²) in [5, 5.41) is 16.3. The molecule has 1 saturated heterocycles. The number of non-ortho nitro benzene ring substituents is 1. The number of carbonyl (C=O) groups is 3. The topological polar surface area (TPSA) is 118 Å². The van der Waals surface area contributed by atoms with Gasteiger partial charge in [-0.15, -0.1) is 0 Å². The third-order valence-electron chi connectivity index (χ3n) is 5.85. The summed E-state index contributed by atoms with van der Waals surface area (Å²) < 4.78 is 0. The van der Waals surface area contributed by atoms with E-state index < -0.39 is 34.0 Å². The van der Waals surface area contributed by atoms with Gasteiger partial charge < -0.3 is 10.6 Å². The predicted molar refractivity (Wildman–Crippen MR) is 111 cm³/mol. The third kappa shape index (κ3) is 3.07. The van der Waals surface area contributed by atoms with Crippen LogP contribution in [0.3, 0.4) is 0 Å². The molecule has 2 unspecified atom stereocenters. The van der Waals surface area contributed by atoms with Crippen molar-refractivity contribution in [2.24, 2.45) is 5.41 Å². The van der Waals surface area contributed by atoms with Gasteiger partial charge in [0.25, 0.3) is 5.69 Å². The van der Waals surface area contributed by atoms with E-state index in [0.717, 1.165) is 0 Å². The Kier molecular flexibility index (Phi) is 4.90. The Hall–Kier alpha value is -3.46. The number of rotatable bonds is 3. The first-order chi connectivity index (χ1) is 14.3. The molecule has 30 heavy (non-hydrogen) atoms. The zero-order chi connectivity index (χ0) is 21.5. The standard InChI is InChI=1S/C21H17N3O5S/c25-15-10-16(12-5-2-1-3-6-12)21(18(26)22-20(30)23-19(21)27)17(11-15)13-7-4-8-14(9-13)24(28)29/h1-9,16-17H,10-11H2,(H2,22,23,26,27,30). The number of thiocarbonyl (C=S) groups is 1. The molecule has 0 radical (unpaired) electrons. The molecule has 0 aromatic heterocycles. The van der Waals surface area contributed by atoms with E-state index in [1.807, 2.05) is 0 Å². The zero-order valence-corrected chi connectivity index (χ0v) is 16.5. The molecule has 9 heteroatoms. The Morgan fingerprint density at radius 3 is 2.07 bits per heavy atom. The molecule has 2 amide bonds. The van der Waals surface area contributed by atoms with Crippen molar-refractivity contribution in [2.75, 3.05) is 0 Å². The van der Waals surface area contributed by atoms with Crippen LogP contribution < -0.4 is 10.6 Å². The van der Waals surface area contributed by atoms with E-state index in [-0.39, 0.29) is 29.4 Å². The number of carbonyl (C=O) groups excluding carboxylic acids is 3. The minimum Gasteiger partial charge on any atom is -0.302 e. The second-order valence-electron chi connectivity index (χ2n) is 7.42. The summed E-state index contributed by atoms with van der Waals surface area (Å²) in [6.07, 6.45) is -0.0822. The van der Waals surface area contributed by atoms with Gasteiger partial charge >= 0.3 is 0 Å². The Morgan fingerprint density at radius 1 is 0.900 bits per heavy atom. The summed E-state index contributed by atoms with van der Waals surface area (Å²) >= 11 is 4.98. The molecular formula is C21H17N3O5S. The van der Waals surface area contributed by atoms with Crippen LogP contribution in [0, 0.1) is 15.5 Å². The average Bonchev–Trinajstić information content (AvgIpc) is 2.72. The highest BCUT2D eigenvalue weighted by Crippen LogP contribution is 2.55. The number of nitro benzene ring substituents is 1. The number of nitrogens with one attached hydrogen (secondary N) is 2. The molecule has 2 aromatic rings. The molecule has 2 aromatic carbocycles. The molecule has 1 aliphatic heterocycles. The molecule has 1 heterocycles. The first-order valence-corrected chi connectivity index (χ1v) is 9.72. The summed E-state index contributed by atoms with van der Waals surface area (Å²) in [5.74, 6) is -2.96. The smallest absolute Gasteiger partial charge is 0.269 e. The van der Waals surface area contributed by atoms with Crippen molar-refractivity contribution < 1.29 is 19.3 Å². The Balaban J connectivity index is 1.95. The van der Waals surface area contributed by atoms with Gasteiger partial charge in [0.2, 0.25) is 11.8 Å². The van der Waals surface area contributed by atoms with Crippen LogP contribution in [0.2, 0.25) is 0 Å². The number of Topliss-reactive ketones (excluding diaryl/α,β-unsaturated/α-hetero) is 1. The average molecular weight is 423 g/mol. The molecule has 2 atom stereocenters. The first-order valence-electron chi connectivity index (χ1n) is 9.32. The van der Waals surface area contributed by atoms with Crippen molar-refractivity contribution in [1.29, 1.82) is 0 Å². The fourth-order valence-electron chi connectivity index (χ4n) is 4.59. The van der Waals surface area contributed by atoms with Gasteiger partial charge in [-0.05, 0) is 23.3 Å². The van der Waals surface area contributed by atoms with Crippen molar-refractivity contribution in [2.45, 2.75) is 24.7 Å². The van der Waals surface area contributed by atoms with E-state index >= 15 is 0 Å². The van der Waals surface area contributed by atoms with Crippen LogP contribution in [0.15, 0.2) is 54.6 Å². The molecule has 152 valence electrons. The second kappa shape index (κ2) is 7.42. The highest BCUT2D eigenvalue weighted by atomic mass is 32.1. The van der Waals surface area contributed by atoms with E-state index in [2.05, 4.69) is 10.6 Å². The largest absolute Gasteiger partial charge is 0.302 e. The van der Waals surface area contributed by atoms with E-state index in [0.29, 0.717) is 11.1 Å². The minimum atomic E-state index is -1.67. The van der Waals surface area contributed by atoms with Gasteiger partial charge in [-0.25, -0.2) is 0 Å². The number of amides is 2. The van der Waals surface area contributed by atoms with Crippen LogP contribution in [0.25, 0.3) is 0 Å². The summed E-state index contributed by atoms with van der Waals surface area (Å²) in [6.45, 7) is 0. The van der Waals surface area contributed by atoms with Crippen LogP contribution in [0.1, 0.15) is 35.8 Å². The maximum absolute atomic E-state index is 13.4. The SMILES string of the molecule is O=C1CC(c2ccccc2)C2(C(=O)NC(=S)NC2=O)C(c2cccc([N+](=O)[O-])c2)C1. The maximum Gasteiger partial charge on any atom is 0.269 e. The van der Waals surface area contributed by atoms with Gasteiger partial charge in [-0.2, -0.15) is 0 Å². The van der Waals surface area contributed by atoms with Gasteiger partial charge in [-0.3, -0.25) is 24.5 Å². The van der Waals surface area contributed by atoms with E-state index in [4.69, 9.17) is 12.2 Å². The van der Waals surface area contributed by atoms with Gasteiger partial charge in [0, 0.05) is 36.8 Å². The Labute approximate surface area is 176 Å². The molecule has 1 spiro atoms. The lowest BCUT2D eigenvalue weighted by molar-refractivity contribution is -0.385. The van der Waals surface area contributed by atoms with E-state index in [1.54, 1.807) is 36.4 Å².